The number of carbonyl (C=O) groups is 1. The number of hydrogen-bond acceptors (Lipinski definition) is 4. The third kappa shape index (κ3) is 5.88. The normalized spacial score (nSPS) is 11.3. The molecule has 0 bridgehead atoms. The number of rotatable bonds is 8. The van der Waals surface area contributed by atoms with Crippen LogP contribution in [0.4, 0.5) is 0 Å². The van der Waals surface area contributed by atoms with E-state index in [4.69, 9.17) is 4.74 Å². The van der Waals surface area contributed by atoms with Crippen LogP contribution in [0.3, 0.4) is 0 Å². The monoisotopic (exact) mass is 362 g/mol. The van der Waals surface area contributed by atoms with E-state index in [0.717, 1.165) is 27.4 Å². The summed E-state index contributed by atoms with van der Waals surface area (Å²) in [6, 6.07) is 17.6. The zero-order valence-corrected chi connectivity index (χ0v) is 15.1. The first-order chi connectivity index (χ1) is 11.9. The highest BCUT2D eigenvalue weighted by atomic mass is 32.2. The second kappa shape index (κ2) is 8.64. The Morgan fingerprint density at radius 2 is 1.72 bits per heavy atom. The standard InChI is InChI=1S/C18H22N2O4S/c1-20(25(2,22)23)14-18(21)19-12-13-24-17-11-7-6-10-16(17)15-8-4-3-5-9-15/h3-11H,12-14H2,1-2H3,(H,19,21). The van der Waals surface area contributed by atoms with Crippen LogP contribution < -0.4 is 10.1 Å². The third-order valence-corrected chi connectivity index (χ3v) is 4.85. The molecule has 0 saturated carbocycles. The summed E-state index contributed by atoms with van der Waals surface area (Å²) in [4.78, 5) is 11.7. The van der Waals surface area contributed by atoms with Gasteiger partial charge in [0.05, 0.1) is 19.3 Å². The molecule has 2 aromatic carbocycles. The molecule has 0 atom stereocenters. The fraction of sp³-hybridized carbons (Fsp3) is 0.278. The van der Waals surface area contributed by atoms with Crippen molar-refractivity contribution in [2.24, 2.45) is 0 Å². The zero-order chi connectivity index (χ0) is 18.3. The van der Waals surface area contributed by atoms with E-state index in [0.29, 0.717) is 6.54 Å². The van der Waals surface area contributed by atoms with Gasteiger partial charge in [0.1, 0.15) is 12.4 Å². The number of benzene rings is 2. The molecule has 6 nitrogen and oxygen atoms in total. The summed E-state index contributed by atoms with van der Waals surface area (Å²) in [5, 5.41) is 2.65. The van der Waals surface area contributed by atoms with E-state index in [2.05, 4.69) is 5.32 Å². The molecular formula is C18H22N2O4S. The quantitative estimate of drug-likeness (QED) is 0.726. The van der Waals surface area contributed by atoms with E-state index in [1.807, 2.05) is 54.6 Å². The Bertz CT molecular complexity index is 807. The molecular weight excluding hydrogens is 340 g/mol. The van der Waals surface area contributed by atoms with Crippen LogP contribution in [-0.2, 0) is 14.8 Å². The average Bonchev–Trinajstić information content (AvgIpc) is 2.59. The van der Waals surface area contributed by atoms with Crippen LogP contribution in [0.25, 0.3) is 11.1 Å². The number of nitrogens with one attached hydrogen (secondary N) is 1. The first-order valence-electron chi connectivity index (χ1n) is 7.83. The van der Waals surface area contributed by atoms with E-state index in [1.165, 1.54) is 7.05 Å². The van der Waals surface area contributed by atoms with Crippen LogP contribution >= 0.6 is 0 Å². The van der Waals surface area contributed by atoms with Gasteiger partial charge < -0.3 is 10.1 Å². The lowest BCUT2D eigenvalue weighted by molar-refractivity contribution is -0.121. The Labute approximate surface area is 148 Å². The van der Waals surface area contributed by atoms with Gasteiger partial charge in [-0.05, 0) is 11.6 Å². The lowest BCUT2D eigenvalue weighted by atomic mass is 10.1. The molecule has 7 heteroatoms. The van der Waals surface area contributed by atoms with Crippen molar-refractivity contribution in [3.8, 4) is 16.9 Å². The second-order valence-electron chi connectivity index (χ2n) is 5.58. The fourth-order valence-electron chi connectivity index (χ4n) is 2.18. The molecule has 0 spiro atoms. The molecule has 1 N–H and O–H groups in total. The van der Waals surface area contributed by atoms with Crippen molar-refractivity contribution < 1.29 is 17.9 Å². The molecule has 0 unspecified atom stereocenters. The molecule has 0 radical (unpaired) electrons. The summed E-state index contributed by atoms with van der Waals surface area (Å²) < 4.78 is 29.3. The number of ether oxygens (including phenoxy) is 1. The largest absolute Gasteiger partial charge is 0.491 e. The maximum absolute atomic E-state index is 11.7. The topological polar surface area (TPSA) is 75.7 Å². The summed E-state index contributed by atoms with van der Waals surface area (Å²) in [7, 11) is -2.00. The number of amides is 1. The summed E-state index contributed by atoms with van der Waals surface area (Å²) in [6.07, 6.45) is 1.06. The highest BCUT2D eigenvalue weighted by Gasteiger charge is 2.14. The van der Waals surface area contributed by atoms with Crippen molar-refractivity contribution in [3.63, 3.8) is 0 Å². The van der Waals surface area contributed by atoms with Crippen molar-refractivity contribution in [2.75, 3.05) is 33.0 Å². The molecule has 0 aliphatic heterocycles. The summed E-state index contributed by atoms with van der Waals surface area (Å²) in [6.45, 7) is 0.372. The van der Waals surface area contributed by atoms with E-state index < -0.39 is 10.0 Å². The molecule has 0 heterocycles. The first-order valence-corrected chi connectivity index (χ1v) is 9.68. The minimum atomic E-state index is -3.37. The van der Waals surface area contributed by atoms with Crippen molar-refractivity contribution in [1.29, 1.82) is 0 Å². The number of sulfonamides is 1. The average molecular weight is 362 g/mol. The Morgan fingerprint density at radius 1 is 1.08 bits per heavy atom. The van der Waals surface area contributed by atoms with Gasteiger partial charge in [-0.2, -0.15) is 4.31 Å². The van der Waals surface area contributed by atoms with Gasteiger partial charge in [0.15, 0.2) is 0 Å². The van der Waals surface area contributed by atoms with Crippen LogP contribution in [-0.4, -0.2) is 51.6 Å². The number of likely N-dealkylation sites (N-methyl/N-ethyl adjacent to an activating group) is 1. The molecule has 0 fully saturated rings. The minimum absolute atomic E-state index is 0.209. The van der Waals surface area contributed by atoms with E-state index in [1.54, 1.807) is 0 Å². The first kappa shape index (κ1) is 19.0. The van der Waals surface area contributed by atoms with Crippen LogP contribution in [0.1, 0.15) is 0 Å². The summed E-state index contributed by atoms with van der Waals surface area (Å²) in [5.74, 6) is 0.365. The summed E-state index contributed by atoms with van der Waals surface area (Å²) in [5.41, 5.74) is 2.03. The predicted molar refractivity (Wildman–Crippen MR) is 97.9 cm³/mol. The van der Waals surface area contributed by atoms with Crippen LogP contribution in [0.15, 0.2) is 54.6 Å². The third-order valence-electron chi connectivity index (χ3n) is 3.59. The molecule has 1 amide bonds. The lowest BCUT2D eigenvalue weighted by Crippen LogP contribution is -2.39. The van der Waals surface area contributed by atoms with Crippen molar-refractivity contribution in [3.05, 3.63) is 54.6 Å². The SMILES string of the molecule is CN(CC(=O)NCCOc1ccccc1-c1ccccc1)S(C)(=O)=O. The fourth-order valence-corrected chi connectivity index (χ4v) is 2.53. The number of nitrogens with zero attached hydrogens (tertiary/aromatic N) is 1. The smallest absolute Gasteiger partial charge is 0.235 e. The van der Waals surface area contributed by atoms with Crippen molar-refractivity contribution in [2.45, 2.75) is 0 Å². The van der Waals surface area contributed by atoms with Gasteiger partial charge in [0, 0.05) is 12.6 Å². The Kier molecular flexibility index (Phi) is 6.55. The molecule has 2 aromatic rings. The Morgan fingerprint density at radius 3 is 2.40 bits per heavy atom. The van der Waals surface area contributed by atoms with Crippen LogP contribution in [0.2, 0.25) is 0 Å². The van der Waals surface area contributed by atoms with Gasteiger partial charge in [0.25, 0.3) is 0 Å². The highest BCUT2D eigenvalue weighted by molar-refractivity contribution is 7.88. The van der Waals surface area contributed by atoms with Gasteiger partial charge in [-0.3, -0.25) is 4.79 Å². The number of hydrogen-bond donors (Lipinski definition) is 1. The molecule has 2 rings (SSSR count). The van der Waals surface area contributed by atoms with E-state index in [9.17, 15) is 13.2 Å². The van der Waals surface area contributed by atoms with Crippen molar-refractivity contribution in [1.82, 2.24) is 9.62 Å². The molecule has 0 aliphatic rings. The van der Waals surface area contributed by atoms with Gasteiger partial charge in [-0.15, -0.1) is 0 Å². The lowest BCUT2D eigenvalue weighted by Gasteiger charge is -2.14. The van der Waals surface area contributed by atoms with Gasteiger partial charge in [-0.1, -0.05) is 48.5 Å². The van der Waals surface area contributed by atoms with Crippen molar-refractivity contribution >= 4 is 15.9 Å². The van der Waals surface area contributed by atoms with Gasteiger partial charge in [0.2, 0.25) is 15.9 Å². The highest BCUT2D eigenvalue weighted by Crippen LogP contribution is 2.29. The van der Waals surface area contributed by atoms with Crippen LogP contribution in [0, 0.1) is 0 Å². The Hall–Kier alpha value is -2.38. The number of carbonyl (C=O) groups excluding carboxylic acids is 1. The number of para-hydroxylation sites is 1. The molecule has 0 aromatic heterocycles. The molecule has 134 valence electrons. The molecule has 25 heavy (non-hydrogen) atoms. The van der Waals surface area contributed by atoms with E-state index >= 15 is 0 Å². The van der Waals surface area contributed by atoms with Gasteiger partial charge >= 0.3 is 0 Å². The maximum Gasteiger partial charge on any atom is 0.235 e. The van der Waals surface area contributed by atoms with E-state index in [-0.39, 0.29) is 19.1 Å². The zero-order valence-electron chi connectivity index (χ0n) is 14.3. The minimum Gasteiger partial charge on any atom is -0.491 e. The predicted octanol–water partition coefficient (Wildman–Crippen LogP) is 1.74. The molecule has 0 saturated heterocycles. The maximum atomic E-state index is 11.7. The van der Waals surface area contributed by atoms with Gasteiger partial charge in [-0.25, -0.2) is 8.42 Å². The second-order valence-corrected chi connectivity index (χ2v) is 7.67. The molecule has 0 aliphatic carbocycles. The summed E-state index contributed by atoms with van der Waals surface area (Å²) >= 11 is 0. The van der Waals surface area contributed by atoms with Crippen LogP contribution in [0.5, 0.6) is 5.75 Å². The Balaban J connectivity index is 1.86.